The van der Waals surface area contributed by atoms with E-state index in [0.29, 0.717) is 0 Å². The normalized spacial score (nSPS) is 10.6. The summed E-state index contributed by atoms with van der Waals surface area (Å²) in [6, 6.07) is 25.3. The van der Waals surface area contributed by atoms with E-state index in [1.807, 2.05) is 12.1 Å². The van der Waals surface area contributed by atoms with Crippen molar-refractivity contribution in [3.05, 3.63) is 97.6 Å². The first-order valence-electron chi connectivity index (χ1n) is 7.45. The smallest absolute Gasteiger partial charge is 0.416 e. The van der Waals surface area contributed by atoms with E-state index in [-0.39, 0.29) is 21.2 Å². The maximum Gasteiger partial charge on any atom is 0.416 e. The molecule has 0 saturated heterocycles. The SMILES string of the molecule is COc1ccc([I+]c2ccccc2)cc1.FC(F)(F)c1ccccc1. The van der Waals surface area contributed by atoms with Crippen molar-refractivity contribution >= 4 is 0 Å². The number of benzene rings is 3. The average Bonchev–Trinajstić information content (AvgIpc) is 2.64. The average molecular weight is 457 g/mol. The van der Waals surface area contributed by atoms with Crippen molar-refractivity contribution in [1.82, 2.24) is 0 Å². The number of rotatable bonds is 3. The zero-order valence-corrected chi connectivity index (χ0v) is 15.7. The summed E-state index contributed by atoms with van der Waals surface area (Å²) in [5.74, 6) is 0.927. The number of methoxy groups -OCH3 is 1. The van der Waals surface area contributed by atoms with Crippen molar-refractivity contribution in [3.8, 4) is 5.75 Å². The molecular formula is C20H17F3IO+. The van der Waals surface area contributed by atoms with Crippen LogP contribution >= 0.6 is 0 Å². The molecule has 3 rings (SSSR count). The van der Waals surface area contributed by atoms with Gasteiger partial charge in [0.25, 0.3) is 0 Å². The Hall–Kier alpha value is -2.02. The molecule has 0 atom stereocenters. The van der Waals surface area contributed by atoms with Crippen molar-refractivity contribution < 1.29 is 39.1 Å². The van der Waals surface area contributed by atoms with Crippen LogP contribution in [-0.4, -0.2) is 7.11 Å². The second-order valence-corrected chi connectivity index (χ2v) is 7.94. The maximum atomic E-state index is 11.8. The molecule has 0 aliphatic rings. The van der Waals surface area contributed by atoms with E-state index < -0.39 is 11.7 Å². The predicted octanol–water partition coefficient (Wildman–Crippen LogP) is 2.53. The van der Waals surface area contributed by atoms with Gasteiger partial charge in [-0.25, -0.2) is 0 Å². The van der Waals surface area contributed by atoms with E-state index in [2.05, 4.69) is 42.5 Å². The molecule has 25 heavy (non-hydrogen) atoms. The molecule has 0 unspecified atom stereocenters. The summed E-state index contributed by atoms with van der Waals surface area (Å²) in [5, 5.41) is 0. The molecule has 0 bridgehead atoms. The highest BCUT2D eigenvalue weighted by molar-refractivity contribution is 5.20. The molecule has 0 radical (unpaired) electrons. The van der Waals surface area contributed by atoms with Crippen molar-refractivity contribution in [2.45, 2.75) is 6.18 Å². The van der Waals surface area contributed by atoms with Crippen LogP contribution in [0.1, 0.15) is 5.56 Å². The predicted molar refractivity (Wildman–Crippen MR) is 88.3 cm³/mol. The topological polar surface area (TPSA) is 9.23 Å². The molecule has 0 amide bonds. The van der Waals surface area contributed by atoms with Crippen LogP contribution in [0.25, 0.3) is 0 Å². The van der Waals surface area contributed by atoms with Gasteiger partial charge in [0.2, 0.25) is 0 Å². The van der Waals surface area contributed by atoms with Gasteiger partial charge in [-0.1, -0.05) is 48.5 Å². The van der Waals surface area contributed by atoms with Gasteiger partial charge in [-0.3, -0.25) is 0 Å². The lowest BCUT2D eigenvalue weighted by Gasteiger charge is -2.03. The summed E-state index contributed by atoms with van der Waals surface area (Å²) in [4.78, 5) is 0. The number of hydrogen-bond donors (Lipinski definition) is 0. The minimum absolute atomic E-state index is 0.0449. The number of halogens is 4. The van der Waals surface area contributed by atoms with Crippen LogP contribution in [-0.2, 0) is 6.18 Å². The summed E-state index contributed by atoms with van der Waals surface area (Å²) in [5.41, 5.74) is -0.602. The molecule has 0 aliphatic carbocycles. The molecule has 130 valence electrons. The largest absolute Gasteiger partial charge is 0.497 e. The molecular weight excluding hydrogens is 440 g/mol. The van der Waals surface area contributed by atoms with E-state index in [9.17, 15) is 13.2 Å². The fraction of sp³-hybridized carbons (Fsp3) is 0.100. The maximum absolute atomic E-state index is 11.8. The molecule has 0 aliphatic heterocycles. The summed E-state index contributed by atoms with van der Waals surface area (Å²) < 4.78 is 43.4. The van der Waals surface area contributed by atoms with E-state index >= 15 is 0 Å². The van der Waals surface area contributed by atoms with Crippen LogP contribution in [0.4, 0.5) is 13.2 Å². The van der Waals surface area contributed by atoms with Crippen LogP contribution in [0.5, 0.6) is 5.75 Å². The minimum atomic E-state index is -4.21. The van der Waals surface area contributed by atoms with Crippen molar-refractivity contribution in [2.24, 2.45) is 0 Å². The Morgan fingerprint density at radius 3 is 1.60 bits per heavy atom. The third-order valence-electron chi connectivity index (χ3n) is 3.10. The fourth-order valence-electron chi connectivity index (χ4n) is 1.86. The molecule has 0 fully saturated rings. The molecule has 0 N–H and O–H groups in total. The first-order valence-corrected chi connectivity index (χ1v) is 9.61. The molecule has 3 aromatic carbocycles. The Kier molecular flexibility index (Phi) is 7.31. The van der Waals surface area contributed by atoms with Gasteiger partial charge >= 0.3 is 27.4 Å². The monoisotopic (exact) mass is 457 g/mol. The first kappa shape index (κ1) is 19.3. The van der Waals surface area contributed by atoms with Gasteiger partial charge in [0.05, 0.1) is 12.7 Å². The van der Waals surface area contributed by atoms with Crippen molar-refractivity contribution in [3.63, 3.8) is 0 Å². The Balaban J connectivity index is 0.000000196. The molecule has 1 nitrogen and oxygen atoms in total. The molecule has 0 heterocycles. The van der Waals surface area contributed by atoms with Gasteiger partial charge in [0, 0.05) is 0 Å². The Bertz CT molecular complexity index is 741. The lowest BCUT2D eigenvalue weighted by Crippen LogP contribution is -3.61. The van der Waals surface area contributed by atoms with Gasteiger partial charge in [0.1, 0.15) is 5.75 Å². The second-order valence-electron chi connectivity index (χ2n) is 4.91. The summed E-state index contributed by atoms with van der Waals surface area (Å²) in [6.45, 7) is 0. The highest BCUT2D eigenvalue weighted by Crippen LogP contribution is 2.28. The first-order chi connectivity index (χ1) is 12.0. The third kappa shape index (κ3) is 6.78. The summed E-state index contributed by atoms with van der Waals surface area (Å²) in [7, 11) is 1.70. The molecule has 5 heteroatoms. The zero-order valence-electron chi connectivity index (χ0n) is 13.5. The quantitative estimate of drug-likeness (QED) is 0.550. The summed E-state index contributed by atoms with van der Waals surface area (Å²) >= 11 is -0.0449. The molecule has 0 saturated carbocycles. The number of hydrogen-bond acceptors (Lipinski definition) is 1. The Labute approximate surface area is 155 Å². The van der Waals surface area contributed by atoms with E-state index in [4.69, 9.17) is 4.74 Å². The minimum Gasteiger partial charge on any atom is -0.497 e. The third-order valence-corrected chi connectivity index (χ3v) is 5.79. The number of alkyl halides is 3. The van der Waals surface area contributed by atoms with Gasteiger partial charge in [-0.15, -0.1) is 0 Å². The Morgan fingerprint density at radius 2 is 1.16 bits per heavy atom. The van der Waals surface area contributed by atoms with Gasteiger partial charge in [-0.05, 0) is 36.4 Å². The second kappa shape index (κ2) is 9.46. The fourth-order valence-corrected chi connectivity index (χ4v) is 4.08. The van der Waals surface area contributed by atoms with Crippen LogP contribution in [0.2, 0.25) is 0 Å². The highest BCUT2D eigenvalue weighted by Gasteiger charge is 2.29. The highest BCUT2D eigenvalue weighted by atomic mass is 127. The van der Waals surface area contributed by atoms with Gasteiger partial charge < -0.3 is 4.74 Å². The molecule has 0 aromatic heterocycles. The van der Waals surface area contributed by atoms with E-state index in [1.165, 1.54) is 19.3 Å². The summed E-state index contributed by atoms with van der Waals surface area (Å²) in [6.07, 6.45) is -4.21. The Morgan fingerprint density at radius 1 is 0.680 bits per heavy atom. The van der Waals surface area contributed by atoms with Crippen LogP contribution in [0, 0.1) is 7.14 Å². The van der Waals surface area contributed by atoms with E-state index in [1.54, 1.807) is 13.2 Å². The lowest BCUT2D eigenvalue weighted by molar-refractivity contribution is -0.597. The van der Waals surface area contributed by atoms with Gasteiger partial charge in [0.15, 0.2) is 7.14 Å². The van der Waals surface area contributed by atoms with Gasteiger partial charge in [-0.2, -0.15) is 13.2 Å². The van der Waals surface area contributed by atoms with E-state index in [0.717, 1.165) is 17.9 Å². The van der Waals surface area contributed by atoms with Crippen LogP contribution in [0.3, 0.4) is 0 Å². The van der Waals surface area contributed by atoms with Crippen molar-refractivity contribution in [2.75, 3.05) is 7.11 Å². The lowest BCUT2D eigenvalue weighted by atomic mass is 10.2. The van der Waals surface area contributed by atoms with Crippen molar-refractivity contribution in [1.29, 1.82) is 0 Å². The zero-order chi connectivity index (χ0) is 18.1. The standard InChI is InChI=1S/C13H12IO.C7H5F3/c1-15-13-9-7-12(8-10-13)14-11-5-3-2-4-6-11;8-7(9,10)6-4-2-1-3-5-6/h2-10H,1H3;1-5H/q+1;. The molecule has 3 aromatic rings. The van der Waals surface area contributed by atoms with Crippen LogP contribution in [0.15, 0.2) is 84.9 Å². The number of ether oxygens (including phenoxy) is 1. The molecule has 0 spiro atoms. The van der Waals surface area contributed by atoms with Crippen LogP contribution < -0.4 is 25.9 Å².